The van der Waals surface area contributed by atoms with E-state index in [9.17, 15) is 14.4 Å². The fourth-order valence-corrected chi connectivity index (χ4v) is 4.43. The monoisotopic (exact) mass is 476 g/mol. The van der Waals surface area contributed by atoms with Crippen LogP contribution in [-0.4, -0.2) is 47.4 Å². The molecule has 182 valence electrons. The van der Waals surface area contributed by atoms with Crippen molar-refractivity contribution in [1.82, 2.24) is 15.1 Å². The number of rotatable bonds is 5. The van der Waals surface area contributed by atoms with Crippen molar-refractivity contribution in [2.45, 2.75) is 37.8 Å². The molecule has 0 unspecified atom stereocenters. The van der Waals surface area contributed by atoms with E-state index in [0.29, 0.717) is 22.6 Å². The number of nitrogens with zero attached hydrogens (tertiary/aromatic N) is 3. The quantitative estimate of drug-likeness (QED) is 0.602. The molecule has 2 amide bonds. The molecule has 0 radical (unpaired) electrons. The molecule has 0 fully saturated rings. The van der Waals surface area contributed by atoms with Gasteiger partial charge in [0.05, 0.1) is 7.11 Å². The van der Waals surface area contributed by atoms with Gasteiger partial charge in [0.1, 0.15) is 17.3 Å². The Labute approximate surface area is 203 Å². The van der Waals surface area contributed by atoms with E-state index in [2.05, 4.69) is 10.4 Å². The molecule has 0 saturated carbocycles. The van der Waals surface area contributed by atoms with Crippen molar-refractivity contribution in [2.75, 3.05) is 19.1 Å². The van der Waals surface area contributed by atoms with Crippen molar-refractivity contribution in [3.8, 4) is 5.75 Å². The van der Waals surface area contributed by atoms with E-state index in [4.69, 9.17) is 9.47 Å². The van der Waals surface area contributed by atoms with Gasteiger partial charge in [-0.3, -0.25) is 9.59 Å². The third kappa shape index (κ3) is 4.25. The van der Waals surface area contributed by atoms with Crippen LogP contribution in [0.15, 0.2) is 67.0 Å². The molecule has 1 N–H and O–H groups in total. The summed E-state index contributed by atoms with van der Waals surface area (Å²) in [7, 11) is 3.15. The van der Waals surface area contributed by atoms with Crippen LogP contribution in [0.5, 0.6) is 5.75 Å². The number of benzene rings is 2. The Balaban J connectivity index is 1.97. The second-order valence-electron chi connectivity index (χ2n) is 9.31. The van der Waals surface area contributed by atoms with E-state index < -0.39 is 35.0 Å². The van der Waals surface area contributed by atoms with Crippen LogP contribution >= 0.6 is 0 Å². The lowest BCUT2D eigenvalue weighted by Crippen LogP contribution is -2.59. The van der Waals surface area contributed by atoms with Gasteiger partial charge >= 0.3 is 6.09 Å². The van der Waals surface area contributed by atoms with Gasteiger partial charge in [-0.05, 0) is 50.6 Å². The number of alkyl carbamates (subject to hydrolysis) is 1. The van der Waals surface area contributed by atoms with Crippen molar-refractivity contribution >= 4 is 23.6 Å². The molecule has 1 aromatic heterocycles. The normalized spacial score (nSPS) is 18.1. The van der Waals surface area contributed by atoms with E-state index >= 15 is 0 Å². The summed E-state index contributed by atoms with van der Waals surface area (Å²) in [6, 6.07) is 15.5. The minimum atomic E-state index is -1.79. The lowest BCUT2D eigenvalue weighted by Gasteiger charge is -2.37. The Kier molecular flexibility index (Phi) is 6.10. The zero-order chi connectivity index (χ0) is 25.4. The molecule has 35 heavy (non-hydrogen) atoms. The van der Waals surface area contributed by atoms with Gasteiger partial charge in [-0.15, -0.1) is 0 Å². The number of likely N-dealkylation sites (N-methyl/N-ethyl adjacent to an activating group) is 1. The number of anilines is 1. The topological polar surface area (TPSA) is 103 Å². The van der Waals surface area contributed by atoms with Crippen LogP contribution < -0.4 is 15.0 Å². The van der Waals surface area contributed by atoms with Crippen molar-refractivity contribution in [2.24, 2.45) is 0 Å². The maximum atomic E-state index is 14.0. The third-order valence-corrected chi connectivity index (χ3v) is 5.89. The molecule has 9 heteroatoms. The number of aromatic nitrogens is 2. The second-order valence-corrected chi connectivity index (χ2v) is 9.31. The fourth-order valence-electron chi connectivity index (χ4n) is 4.43. The van der Waals surface area contributed by atoms with E-state index in [1.807, 2.05) is 0 Å². The van der Waals surface area contributed by atoms with Crippen molar-refractivity contribution in [1.29, 1.82) is 0 Å². The Morgan fingerprint density at radius 2 is 1.74 bits per heavy atom. The Morgan fingerprint density at radius 1 is 1.06 bits per heavy atom. The van der Waals surface area contributed by atoms with Crippen molar-refractivity contribution < 1.29 is 23.9 Å². The summed E-state index contributed by atoms with van der Waals surface area (Å²) in [6.45, 7) is 5.18. The van der Waals surface area contributed by atoms with Gasteiger partial charge in [0.25, 0.3) is 11.8 Å². The number of carbonyl (C=O) groups is 3. The molecule has 4 rings (SSSR count). The number of carbonyl (C=O) groups excluding carboxylic acids is 3. The number of nitrogens with one attached hydrogen (secondary N) is 1. The van der Waals surface area contributed by atoms with E-state index in [1.165, 1.54) is 22.0 Å². The zero-order valence-corrected chi connectivity index (χ0v) is 20.3. The average Bonchev–Trinajstić information content (AvgIpc) is 3.42. The maximum absolute atomic E-state index is 14.0. The molecular weight excluding hydrogens is 448 g/mol. The number of hydrogen-bond donors (Lipinski definition) is 1. The van der Waals surface area contributed by atoms with Gasteiger partial charge in [0, 0.05) is 30.7 Å². The largest absolute Gasteiger partial charge is 0.497 e. The molecule has 2 aromatic carbocycles. The summed E-state index contributed by atoms with van der Waals surface area (Å²) in [4.78, 5) is 42.6. The molecule has 2 atom stereocenters. The van der Waals surface area contributed by atoms with E-state index in [-0.39, 0.29) is 0 Å². The molecule has 0 bridgehead atoms. The number of fused-ring (bicyclic) bond motifs is 1. The fraction of sp³-hybridized carbons (Fsp3) is 0.308. The van der Waals surface area contributed by atoms with Crippen LogP contribution in [-0.2, 0) is 15.1 Å². The average molecular weight is 477 g/mol. The Hall–Kier alpha value is -4.14. The summed E-state index contributed by atoms with van der Waals surface area (Å²) in [6.07, 6.45) is 2.17. The highest BCUT2D eigenvalue weighted by molar-refractivity contribution is 6.12. The molecule has 9 nitrogen and oxygen atoms in total. The molecule has 1 aliphatic rings. The number of methoxy groups -OCH3 is 1. The minimum Gasteiger partial charge on any atom is -0.497 e. The predicted molar refractivity (Wildman–Crippen MR) is 129 cm³/mol. The first kappa shape index (κ1) is 24.0. The summed E-state index contributed by atoms with van der Waals surface area (Å²) in [5, 5.41) is 6.92. The van der Waals surface area contributed by atoms with Gasteiger partial charge in [-0.25, -0.2) is 9.48 Å². The number of hydrogen-bond acceptors (Lipinski definition) is 6. The van der Waals surface area contributed by atoms with Crippen LogP contribution in [0.25, 0.3) is 0 Å². The summed E-state index contributed by atoms with van der Waals surface area (Å²) < 4.78 is 12.0. The van der Waals surface area contributed by atoms with Gasteiger partial charge < -0.3 is 19.7 Å². The van der Waals surface area contributed by atoms with Crippen LogP contribution in [0.2, 0.25) is 0 Å². The minimum absolute atomic E-state index is 0.467. The molecule has 0 aliphatic carbocycles. The lowest BCUT2D eigenvalue weighted by molar-refractivity contribution is -0.124. The summed E-state index contributed by atoms with van der Waals surface area (Å²) >= 11 is 0. The molecule has 1 aliphatic heterocycles. The molecule has 0 spiro atoms. The Bertz CT molecular complexity index is 1250. The van der Waals surface area contributed by atoms with Crippen molar-refractivity contribution in [3.05, 3.63) is 78.1 Å². The molecule has 2 heterocycles. The van der Waals surface area contributed by atoms with Crippen LogP contribution in [0.3, 0.4) is 0 Å². The van der Waals surface area contributed by atoms with Gasteiger partial charge in [-0.1, -0.05) is 30.3 Å². The van der Waals surface area contributed by atoms with Crippen LogP contribution in [0, 0.1) is 0 Å². The maximum Gasteiger partial charge on any atom is 0.408 e. The highest BCUT2D eigenvalue weighted by atomic mass is 16.6. The molecule has 0 saturated heterocycles. The van der Waals surface area contributed by atoms with Crippen LogP contribution in [0.1, 0.15) is 42.6 Å². The Morgan fingerprint density at radius 3 is 2.34 bits per heavy atom. The second kappa shape index (κ2) is 8.90. The smallest absolute Gasteiger partial charge is 0.408 e. The summed E-state index contributed by atoms with van der Waals surface area (Å²) in [5.41, 5.74) is -1.04. The first-order valence-electron chi connectivity index (χ1n) is 11.1. The highest BCUT2D eigenvalue weighted by Crippen LogP contribution is 2.48. The van der Waals surface area contributed by atoms with Crippen molar-refractivity contribution in [3.63, 3.8) is 0 Å². The van der Waals surface area contributed by atoms with Gasteiger partial charge in [-0.2, -0.15) is 5.10 Å². The number of ether oxygens (including phenoxy) is 2. The number of amides is 2. The SMILES string of the molecule is COc1ccc([C@H](C(=O)n2cccn2)[C@]2(NC(=O)OC(C)(C)C)C(=O)N(C)c3ccccc32)cc1. The first-order chi connectivity index (χ1) is 16.6. The van der Waals surface area contributed by atoms with Gasteiger partial charge in [0.15, 0.2) is 5.54 Å². The first-order valence-corrected chi connectivity index (χ1v) is 11.1. The third-order valence-electron chi connectivity index (χ3n) is 5.89. The van der Waals surface area contributed by atoms with E-state index in [0.717, 1.165) is 0 Å². The highest BCUT2D eigenvalue weighted by Gasteiger charge is 2.59. The molecular formula is C26H28N4O5. The lowest BCUT2D eigenvalue weighted by atomic mass is 9.74. The van der Waals surface area contributed by atoms with Gasteiger partial charge in [0.2, 0.25) is 0 Å². The van der Waals surface area contributed by atoms with E-state index in [1.54, 1.807) is 89.5 Å². The predicted octanol–water partition coefficient (Wildman–Crippen LogP) is 3.71. The van der Waals surface area contributed by atoms with Crippen LogP contribution in [0.4, 0.5) is 10.5 Å². The summed E-state index contributed by atoms with van der Waals surface area (Å²) in [5.74, 6) is -1.54. The standard InChI is InChI=1S/C26H28N4O5/c1-25(2,3)35-24(33)28-26(19-9-6-7-10-20(19)29(4)23(26)32)21(22(31)30-16-8-15-27-30)17-11-13-18(34-5)14-12-17/h6-16,21H,1-5H3,(H,28,33)/t21-,26+/m1/s1. The number of para-hydroxylation sites is 1. The molecule has 3 aromatic rings. The zero-order valence-electron chi connectivity index (χ0n) is 20.3.